The van der Waals surface area contributed by atoms with Crippen molar-refractivity contribution in [3.05, 3.63) is 71.8 Å². The zero-order valence-corrected chi connectivity index (χ0v) is 17.3. The molecule has 2 aromatic carbocycles. The number of benzene rings is 2. The Kier molecular flexibility index (Phi) is 8.93. The van der Waals surface area contributed by atoms with Crippen LogP contribution in [0.2, 0.25) is 0 Å². The van der Waals surface area contributed by atoms with E-state index in [0.717, 1.165) is 12.2 Å². The predicted octanol–water partition coefficient (Wildman–Crippen LogP) is 2.87. The Balaban J connectivity index is 2.10. The van der Waals surface area contributed by atoms with Crippen molar-refractivity contribution in [1.82, 2.24) is 0 Å². The molecule has 0 amide bonds. The van der Waals surface area contributed by atoms with E-state index in [0.29, 0.717) is 11.1 Å². The molecule has 0 saturated carbocycles. The van der Waals surface area contributed by atoms with Crippen LogP contribution in [0.1, 0.15) is 24.0 Å². The van der Waals surface area contributed by atoms with E-state index >= 15 is 0 Å². The standard InChI is InChI=1S/C24H22O9/c25-17-7-1-15(2-8-17)5-11-19(27)13-20(24(31)32)21(14-22(28)29)33-23(30)12-6-16-3-9-18(26)10-4-16/h1-12,20-21,25-26H,13-14H2,(H,28,29)(H,31,32)/t20-,21+/m1/s1. The molecule has 0 fully saturated rings. The number of aromatic hydroxyl groups is 2. The fraction of sp³-hybridized carbons (Fsp3) is 0.167. The van der Waals surface area contributed by atoms with Crippen LogP contribution in [-0.4, -0.2) is 50.2 Å². The third kappa shape index (κ3) is 8.70. The first-order valence-electron chi connectivity index (χ1n) is 9.76. The summed E-state index contributed by atoms with van der Waals surface area (Å²) in [5, 5.41) is 37.2. The molecule has 0 heterocycles. The number of carbonyl (C=O) groups is 4. The van der Waals surface area contributed by atoms with Crippen molar-refractivity contribution in [2.45, 2.75) is 18.9 Å². The summed E-state index contributed by atoms with van der Waals surface area (Å²) in [4.78, 5) is 47.4. The predicted molar refractivity (Wildman–Crippen MR) is 117 cm³/mol. The van der Waals surface area contributed by atoms with Gasteiger partial charge in [0, 0.05) is 12.5 Å². The molecule has 0 unspecified atom stereocenters. The topological polar surface area (TPSA) is 158 Å². The van der Waals surface area contributed by atoms with Crippen LogP contribution in [0.4, 0.5) is 0 Å². The summed E-state index contributed by atoms with van der Waals surface area (Å²) in [5.74, 6) is -5.97. The number of allylic oxidation sites excluding steroid dienone is 1. The number of phenolic OH excluding ortho intramolecular Hbond substituents is 2. The number of rotatable bonds is 11. The number of esters is 1. The number of phenols is 2. The van der Waals surface area contributed by atoms with E-state index in [4.69, 9.17) is 9.84 Å². The van der Waals surface area contributed by atoms with Gasteiger partial charge < -0.3 is 25.2 Å². The lowest BCUT2D eigenvalue weighted by molar-refractivity contribution is -0.159. The molecular formula is C24H22O9. The maximum atomic E-state index is 12.3. The van der Waals surface area contributed by atoms with Crippen molar-refractivity contribution in [3.8, 4) is 11.5 Å². The molecule has 0 bridgehead atoms. The van der Waals surface area contributed by atoms with Gasteiger partial charge in [-0.15, -0.1) is 0 Å². The van der Waals surface area contributed by atoms with Crippen LogP contribution in [0.5, 0.6) is 11.5 Å². The summed E-state index contributed by atoms with van der Waals surface area (Å²) in [6.45, 7) is 0. The van der Waals surface area contributed by atoms with Gasteiger partial charge in [-0.25, -0.2) is 4.79 Å². The third-order valence-electron chi connectivity index (χ3n) is 4.49. The highest BCUT2D eigenvalue weighted by atomic mass is 16.5. The molecule has 2 aromatic rings. The normalized spacial score (nSPS) is 13.0. The number of carbonyl (C=O) groups excluding carboxylic acids is 2. The second kappa shape index (κ2) is 11.8. The number of hydrogen-bond donors (Lipinski definition) is 4. The van der Waals surface area contributed by atoms with Crippen molar-refractivity contribution in [1.29, 1.82) is 0 Å². The fourth-order valence-corrected chi connectivity index (χ4v) is 2.81. The second-order valence-corrected chi connectivity index (χ2v) is 7.04. The molecule has 0 radical (unpaired) electrons. The molecule has 9 nitrogen and oxygen atoms in total. The van der Waals surface area contributed by atoms with Crippen molar-refractivity contribution in [2.75, 3.05) is 0 Å². The van der Waals surface area contributed by atoms with Crippen LogP contribution in [-0.2, 0) is 23.9 Å². The van der Waals surface area contributed by atoms with Crippen molar-refractivity contribution in [3.63, 3.8) is 0 Å². The van der Waals surface area contributed by atoms with Crippen LogP contribution in [0.3, 0.4) is 0 Å². The van der Waals surface area contributed by atoms with Crippen molar-refractivity contribution >= 4 is 35.8 Å². The second-order valence-electron chi connectivity index (χ2n) is 7.04. The molecule has 2 rings (SSSR count). The summed E-state index contributed by atoms with van der Waals surface area (Å²) in [6, 6.07) is 11.8. The molecule has 0 aromatic heterocycles. The minimum Gasteiger partial charge on any atom is -0.508 e. The fourth-order valence-electron chi connectivity index (χ4n) is 2.81. The molecule has 33 heavy (non-hydrogen) atoms. The van der Waals surface area contributed by atoms with Gasteiger partial charge in [-0.05, 0) is 47.5 Å². The zero-order valence-electron chi connectivity index (χ0n) is 17.3. The van der Waals surface area contributed by atoms with Gasteiger partial charge in [-0.2, -0.15) is 0 Å². The van der Waals surface area contributed by atoms with E-state index < -0.39 is 48.6 Å². The van der Waals surface area contributed by atoms with Crippen LogP contribution >= 0.6 is 0 Å². The van der Waals surface area contributed by atoms with Crippen LogP contribution in [0.25, 0.3) is 12.2 Å². The van der Waals surface area contributed by atoms with Crippen LogP contribution in [0.15, 0.2) is 60.7 Å². The molecule has 2 atom stereocenters. The number of aliphatic carboxylic acids is 2. The first-order chi connectivity index (χ1) is 15.6. The highest BCUT2D eigenvalue weighted by Crippen LogP contribution is 2.20. The highest BCUT2D eigenvalue weighted by molar-refractivity contribution is 5.96. The Labute approximate surface area is 188 Å². The Morgan fingerprint density at radius 2 is 1.24 bits per heavy atom. The van der Waals surface area contributed by atoms with E-state index in [2.05, 4.69) is 0 Å². The quantitative estimate of drug-likeness (QED) is 0.296. The van der Waals surface area contributed by atoms with E-state index in [1.54, 1.807) is 12.1 Å². The van der Waals surface area contributed by atoms with E-state index in [9.17, 15) is 34.5 Å². The molecule has 0 aliphatic rings. The minimum atomic E-state index is -1.58. The SMILES string of the molecule is O=C(O)C[C@H](OC(=O)C=Cc1ccc(O)cc1)[C@@H](CC(=O)C=Cc1ccc(O)cc1)C(=O)O. The average Bonchev–Trinajstić information content (AvgIpc) is 2.75. The van der Waals surface area contributed by atoms with Gasteiger partial charge in [-0.3, -0.25) is 14.4 Å². The summed E-state index contributed by atoms with van der Waals surface area (Å²) in [7, 11) is 0. The first-order valence-corrected chi connectivity index (χ1v) is 9.76. The molecule has 9 heteroatoms. The maximum Gasteiger partial charge on any atom is 0.331 e. The summed E-state index contributed by atoms with van der Waals surface area (Å²) in [6.07, 6.45) is 1.92. The number of carboxylic acid groups (broad SMARTS) is 2. The average molecular weight is 454 g/mol. The monoisotopic (exact) mass is 454 g/mol. The first kappa shape index (κ1) is 24.9. The minimum absolute atomic E-state index is 0.0321. The third-order valence-corrected chi connectivity index (χ3v) is 4.49. The lowest BCUT2D eigenvalue weighted by atomic mass is 9.93. The smallest absolute Gasteiger partial charge is 0.331 e. The molecule has 4 N–H and O–H groups in total. The molecule has 0 aliphatic carbocycles. The molecule has 0 spiro atoms. The Morgan fingerprint density at radius 1 is 0.758 bits per heavy atom. The van der Waals surface area contributed by atoms with Crippen LogP contribution < -0.4 is 0 Å². The van der Waals surface area contributed by atoms with Gasteiger partial charge >= 0.3 is 17.9 Å². The van der Waals surface area contributed by atoms with Gasteiger partial charge in [0.2, 0.25) is 0 Å². The van der Waals surface area contributed by atoms with Crippen molar-refractivity contribution < 1.29 is 44.3 Å². The summed E-state index contributed by atoms with van der Waals surface area (Å²) in [5.41, 5.74) is 1.13. The van der Waals surface area contributed by atoms with Crippen molar-refractivity contribution in [2.24, 2.45) is 5.92 Å². The van der Waals surface area contributed by atoms with Gasteiger partial charge in [0.05, 0.1) is 6.42 Å². The molecule has 0 saturated heterocycles. The molecule has 172 valence electrons. The lowest BCUT2D eigenvalue weighted by Crippen LogP contribution is -2.35. The van der Waals surface area contributed by atoms with Gasteiger partial charge in [0.15, 0.2) is 5.78 Å². The lowest BCUT2D eigenvalue weighted by Gasteiger charge is -2.21. The van der Waals surface area contributed by atoms with Gasteiger partial charge in [-0.1, -0.05) is 30.3 Å². The number of ketones is 1. The van der Waals surface area contributed by atoms with Gasteiger partial charge in [0.25, 0.3) is 0 Å². The van der Waals surface area contributed by atoms with E-state index in [1.807, 2.05) is 0 Å². The molecule has 0 aliphatic heterocycles. The Hall–Kier alpha value is -4.40. The van der Waals surface area contributed by atoms with E-state index in [-0.39, 0.29) is 11.5 Å². The number of hydrogen-bond acceptors (Lipinski definition) is 7. The number of carboxylic acids is 2. The Morgan fingerprint density at radius 3 is 1.70 bits per heavy atom. The Bertz CT molecular complexity index is 1050. The maximum absolute atomic E-state index is 12.3. The van der Waals surface area contributed by atoms with E-state index in [1.165, 1.54) is 48.6 Å². The van der Waals surface area contributed by atoms with Gasteiger partial charge in [0.1, 0.15) is 23.5 Å². The molecular weight excluding hydrogens is 432 g/mol. The largest absolute Gasteiger partial charge is 0.508 e. The zero-order chi connectivity index (χ0) is 24.4. The summed E-state index contributed by atoms with van der Waals surface area (Å²) >= 11 is 0. The van der Waals surface area contributed by atoms with Crippen LogP contribution in [0, 0.1) is 5.92 Å². The number of ether oxygens (including phenoxy) is 1. The highest BCUT2D eigenvalue weighted by Gasteiger charge is 2.34. The summed E-state index contributed by atoms with van der Waals surface area (Å²) < 4.78 is 5.07.